The zero-order chi connectivity index (χ0) is 14.5. The van der Waals surface area contributed by atoms with Gasteiger partial charge in [0.15, 0.2) is 5.82 Å². The van der Waals surface area contributed by atoms with Crippen molar-refractivity contribution in [3.63, 3.8) is 0 Å². The molecule has 0 saturated carbocycles. The summed E-state index contributed by atoms with van der Waals surface area (Å²) in [5.41, 5.74) is 2.45. The predicted molar refractivity (Wildman–Crippen MR) is 73.4 cm³/mol. The van der Waals surface area contributed by atoms with Gasteiger partial charge in [-0.15, -0.1) is 5.10 Å². The van der Waals surface area contributed by atoms with Gasteiger partial charge in [-0.3, -0.25) is 4.79 Å². The molecule has 0 aliphatic carbocycles. The van der Waals surface area contributed by atoms with Crippen LogP contribution in [-0.2, 0) is 17.6 Å². The molecule has 20 heavy (non-hydrogen) atoms. The average Bonchev–Trinajstić information content (AvgIpc) is 2.84. The molecular weight excluding hydrogens is 256 g/mol. The highest BCUT2D eigenvalue weighted by molar-refractivity contribution is 5.67. The minimum atomic E-state index is -0.849. The van der Waals surface area contributed by atoms with Gasteiger partial charge in [0.2, 0.25) is 0 Å². The Labute approximate surface area is 117 Å². The molecule has 0 aliphatic heterocycles. The number of carboxylic acid groups (broad SMARTS) is 1. The molecule has 106 valence electrons. The molecule has 0 radical (unpaired) electrons. The van der Waals surface area contributed by atoms with Gasteiger partial charge in [0.05, 0.1) is 12.5 Å². The number of carbonyl (C=O) groups is 1. The smallest absolute Gasteiger partial charge is 0.305 e. The van der Waals surface area contributed by atoms with E-state index in [1.807, 2.05) is 6.07 Å². The van der Waals surface area contributed by atoms with Gasteiger partial charge in [0.1, 0.15) is 0 Å². The van der Waals surface area contributed by atoms with E-state index in [0.29, 0.717) is 6.42 Å². The summed E-state index contributed by atoms with van der Waals surface area (Å²) in [6.45, 7) is 3.86. The van der Waals surface area contributed by atoms with Crippen molar-refractivity contribution < 1.29 is 9.90 Å². The molecule has 1 atom stereocenters. The average molecular weight is 274 g/mol. The van der Waals surface area contributed by atoms with Crippen molar-refractivity contribution in [1.29, 1.82) is 0 Å². The Balaban J connectivity index is 2.03. The third-order valence-electron chi connectivity index (χ3n) is 3.17. The van der Waals surface area contributed by atoms with Crippen LogP contribution in [-0.4, -0.2) is 31.3 Å². The van der Waals surface area contributed by atoms with Crippen LogP contribution in [0.5, 0.6) is 0 Å². The molecule has 6 nitrogen and oxygen atoms in total. The fourth-order valence-corrected chi connectivity index (χ4v) is 2.18. The molecule has 1 aromatic carbocycles. The fourth-order valence-electron chi connectivity index (χ4n) is 2.18. The van der Waals surface area contributed by atoms with Gasteiger partial charge < -0.3 is 5.11 Å². The van der Waals surface area contributed by atoms with Crippen molar-refractivity contribution in [2.75, 3.05) is 0 Å². The quantitative estimate of drug-likeness (QED) is 0.868. The van der Waals surface area contributed by atoms with Gasteiger partial charge in [0.25, 0.3) is 0 Å². The Morgan fingerprint density at radius 1 is 1.40 bits per heavy atom. The Morgan fingerprint density at radius 2 is 2.20 bits per heavy atom. The molecule has 0 saturated heterocycles. The maximum absolute atomic E-state index is 10.8. The lowest BCUT2D eigenvalue weighted by Crippen LogP contribution is -2.15. The Morgan fingerprint density at radius 3 is 2.90 bits per heavy atom. The number of carboxylic acids is 1. The molecule has 0 fully saturated rings. The highest BCUT2D eigenvalue weighted by atomic mass is 16.4. The van der Waals surface area contributed by atoms with E-state index in [4.69, 9.17) is 5.11 Å². The van der Waals surface area contributed by atoms with E-state index in [1.54, 1.807) is 11.6 Å². The van der Waals surface area contributed by atoms with Gasteiger partial charge in [-0.2, -0.15) is 0 Å². The normalized spacial score (nSPS) is 12.3. The first kappa shape index (κ1) is 14.2. The van der Waals surface area contributed by atoms with Crippen LogP contribution in [0.2, 0.25) is 0 Å². The van der Waals surface area contributed by atoms with Gasteiger partial charge >= 0.3 is 5.97 Å². The molecular formula is C14H18N4O2. The molecule has 0 spiro atoms. The minimum absolute atomic E-state index is 0.0164. The highest BCUT2D eigenvalue weighted by Gasteiger charge is 2.15. The lowest BCUT2D eigenvalue weighted by atomic mass is 10.1. The molecule has 1 N–H and O–H groups in total. The highest BCUT2D eigenvalue weighted by Crippen LogP contribution is 2.13. The van der Waals surface area contributed by atoms with E-state index >= 15 is 0 Å². The van der Waals surface area contributed by atoms with E-state index in [9.17, 15) is 4.79 Å². The van der Waals surface area contributed by atoms with Crippen molar-refractivity contribution in [3.05, 3.63) is 41.2 Å². The van der Waals surface area contributed by atoms with Crippen LogP contribution in [0, 0.1) is 6.92 Å². The second-order valence-electron chi connectivity index (χ2n) is 4.98. The summed E-state index contributed by atoms with van der Waals surface area (Å²) in [7, 11) is 0. The minimum Gasteiger partial charge on any atom is -0.481 e. The predicted octanol–water partition coefficient (Wildman–Crippen LogP) is 1.80. The summed E-state index contributed by atoms with van der Waals surface area (Å²) in [6.07, 6.45) is 1.55. The maximum Gasteiger partial charge on any atom is 0.305 e. The molecule has 0 amide bonds. The number of tetrazole rings is 1. The summed E-state index contributed by atoms with van der Waals surface area (Å²) in [6, 6.07) is 8.05. The zero-order valence-electron chi connectivity index (χ0n) is 11.7. The molecule has 1 aromatic heterocycles. The van der Waals surface area contributed by atoms with Crippen molar-refractivity contribution in [2.24, 2.45) is 0 Å². The van der Waals surface area contributed by atoms with Crippen molar-refractivity contribution in [2.45, 2.75) is 39.2 Å². The maximum atomic E-state index is 10.8. The SMILES string of the molecule is Cc1cccc(CCc2nnnn2C(C)CC(=O)O)c1. The van der Waals surface area contributed by atoms with E-state index in [1.165, 1.54) is 11.1 Å². The van der Waals surface area contributed by atoms with Crippen LogP contribution >= 0.6 is 0 Å². The van der Waals surface area contributed by atoms with Crippen LogP contribution in [0.15, 0.2) is 24.3 Å². The summed E-state index contributed by atoms with van der Waals surface area (Å²) in [5, 5.41) is 20.4. The first-order valence-electron chi connectivity index (χ1n) is 6.60. The largest absolute Gasteiger partial charge is 0.481 e. The van der Waals surface area contributed by atoms with Crippen LogP contribution in [0.1, 0.15) is 36.3 Å². The van der Waals surface area contributed by atoms with E-state index in [0.717, 1.165) is 12.2 Å². The van der Waals surface area contributed by atoms with Gasteiger partial charge in [-0.05, 0) is 36.3 Å². The van der Waals surface area contributed by atoms with Crippen LogP contribution < -0.4 is 0 Å². The number of aliphatic carboxylic acids is 1. The Hall–Kier alpha value is -2.24. The third-order valence-corrected chi connectivity index (χ3v) is 3.17. The number of hydrogen-bond donors (Lipinski definition) is 1. The van der Waals surface area contributed by atoms with Gasteiger partial charge in [-0.25, -0.2) is 4.68 Å². The lowest BCUT2D eigenvalue weighted by molar-refractivity contribution is -0.137. The summed E-state index contributed by atoms with van der Waals surface area (Å²) in [5.74, 6) is -0.127. The standard InChI is InChI=1S/C14H18N4O2/c1-10-4-3-5-12(8-10)6-7-13-15-16-17-18(13)11(2)9-14(19)20/h3-5,8,11H,6-7,9H2,1-2H3,(H,19,20). The van der Waals surface area contributed by atoms with E-state index in [-0.39, 0.29) is 12.5 Å². The number of hydrogen-bond acceptors (Lipinski definition) is 4. The molecule has 6 heteroatoms. The molecule has 2 aromatic rings. The van der Waals surface area contributed by atoms with E-state index in [2.05, 4.69) is 40.6 Å². The van der Waals surface area contributed by atoms with Crippen molar-refractivity contribution in [3.8, 4) is 0 Å². The topological polar surface area (TPSA) is 80.9 Å². The van der Waals surface area contributed by atoms with E-state index < -0.39 is 5.97 Å². The Bertz CT molecular complexity index is 594. The molecule has 2 rings (SSSR count). The molecule has 0 aliphatic rings. The zero-order valence-corrected chi connectivity index (χ0v) is 11.7. The summed E-state index contributed by atoms with van der Waals surface area (Å²) >= 11 is 0. The third kappa shape index (κ3) is 3.63. The van der Waals surface area contributed by atoms with Crippen LogP contribution in [0.25, 0.3) is 0 Å². The first-order chi connectivity index (χ1) is 9.56. The van der Waals surface area contributed by atoms with Crippen LogP contribution in [0.3, 0.4) is 0 Å². The van der Waals surface area contributed by atoms with Crippen molar-refractivity contribution >= 4 is 5.97 Å². The number of benzene rings is 1. The Kier molecular flexibility index (Phi) is 4.45. The number of rotatable bonds is 6. The monoisotopic (exact) mass is 274 g/mol. The fraction of sp³-hybridized carbons (Fsp3) is 0.429. The molecule has 1 heterocycles. The number of aromatic nitrogens is 4. The number of nitrogens with zero attached hydrogens (tertiary/aromatic N) is 4. The molecule has 1 unspecified atom stereocenters. The summed E-state index contributed by atoms with van der Waals surface area (Å²) < 4.78 is 1.60. The van der Waals surface area contributed by atoms with Gasteiger partial charge in [0, 0.05) is 6.42 Å². The second-order valence-corrected chi connectivity index (χ2v) is 4.98. The van der Waals surface area contributed by atoms with Crippen LogP contribution in [0.4, 0.5) is 0 Å². The molecule has 0 bridgehead atoms. The number of aryl methyl sites for hydroxylation is 3. The lowest BCUT2D eigenvalue weighted by Gasteiger charge is -2.11. The summed E-state index contributed by atoms with van der Waals surface area (Å²) in [4.78, 5) is 10.8. The van der Waals surface area contributed by atoms with Crippen molar-refractivity contribution in [1.82, 2.24) is 20.2 Å². The second kappa shape index (κ2) is 6.27. The van der Waals surface area contributed by atoms with Gasteiger partial charge in [-0.1, -0.05) is 29.8 Å². The first-order valence-corrected chi connectivity index (χ1v) is 6.60.